The van der Waals surface area contributed by atoms with Gasteiger partial charge in [0.1, 0.15) is 0 Å². The Hall–Kier alpha value is -0.980. The molecule has 0 spiro atoms. The van der Waals surface area contributed by atoms with E-state index in [1.54, 1.807) is 0 Å². The van der Waals surface area contributed by atoms with Crippen molar-refractivity contribution in [3.63, 3.8) is 0 Å². The zero-order chi connectivity index (χ0) is 14.8. The molecule has 0 fully saturated rings. The van der Waals surface area contributed by atoms with Crippen molar-refractivity contribution in [1.82, 2.24) is 0 Å². The minimum Gasteiger partial charge on any atom is -0.394 e. The maximum Gasteiger partial charge on any atom is 0.0795 e. The molecular formula is C15H24O5. The molecule has 1 rings (SSSR count). The summed E-state index contributed by atoms with van der Waals surface area (Å²) in [7, 11) is 0. The van der Waals surface area contributed by atoms with E-state index in [0.29, 0.717) is 19.6 Å². The summed E-state index contributed by atoms with van der Waals surface area (Å²) in [5, 5.41) is 37.1. The van der Waals surface area contributed by atoms with Crippen LogP contribution in [0.15, 0.2) is 30.3 Å². The molecule has 114 valence electrons. The highest BCUT2D eigenvalue weighted by molar-refractivity contribution is 5.13. The molecule has 5 nitrogen and oxygen atoms in total. The van der Waals surface area contributed by atoms with Gasteiger partial charge in [-0.15, -0.1) is 0 Å². The van der Waals surface area contributed by atoms with Crippen LogP contribution < -0.4 is 0 Å². The van der Waals surface area contributed by atoms with E-state index in [1.807, 2.05) is 30.3 Å². The standard InChI is InChI=1S/C15H24O5/c16-10-15(19)9-14(18)8-13(17)6-7-20-11-12-4-2-1-3-5-12/h1-5,13-19H,6-11H2/t13-,14+,15+/m1/s1. The zero-order valence-corrected chi connectivity index (χ0v) is 11.6. The summed E-state index contributed by atoms with van der Waals surface area (Å²) >= 11 is 0. The van der Waals surface area contributed by atoms with E-state index in [0.717, 1.165) is 5.56 Å². The van der Waals surface area contributed by atoms with E-state index in [4.69, 9.17) is 14.9 Å². The van der Waals surface area contributed by atoms with Gasteiger partial charge in [-0.2, -0.15) is 0 Å². The van der Waals surface area contributed by atoms with Crippen molar-refractivity contribution >= 4 is 0 Å². The van der Waals surface area contributed by atoms with E-state index < -0.39 is 18.3 Å². The van der Waals surface area contributed by atoms with Crippen molar-refractivity contribution in [2.45, 2.75) is 44.2 Å². The van der Waals surface area contributed by atoms with Crippen LogP contribution in [0, 0.1) is 0 Å². The van der Waals surface area contributed by atoms with Gasteiger partial charge in [0.2, 0.25) is 0 Å². The van der Waals surface area contributed by atoms with Gasteiger partial charge in [0, 0.05) is 13.0 Å². The predicted octanol–water partition coefficient (Wildman–Crippen LogP) is 0.448. The van der Waals surface area contributed by atoms with Gasteiger partial charge in [-0.3, -0.25) is 0 Å². The Morgan fingerprint density at radius 1 is 0.900 bits per heavy atom. The van der Waals surface area contributed by atoms with Crippen molar-refractivity contribution in [3.8, 4) is 0 Å². The molecule has 0 saturated carbocycles. The second kappa shape index (κ2) is 9.85. The summed E-state index contributed by atoms with van der Waals surface area (Å²) in [6.07, 6.45) is -1.76. The van der Waals surface area contributed by atoms with Crippen molar-refractivity contribution in [1.29, 1.82) is 0 Å². The molecule has 0 aliphatic carbocycles. The SMILES string of the molecule is OC[C@@H](O)C[C@@H](O)C[C@H](O)CCOCc1ccccc1. The van der Waals surface area contributed by atoms with Gasteiger partial charge >= 0.3 is 0 Å². The smallest absolute Gasteiger partial charge is 0.0795 e. The number of ether oxygens (including phenoxy) is 1. The molecule has 5 heteroatoms. The van der Waals surface area contributed by atoms with E-state index in [-0.39, 0.29) is 19.4 Å². The Bertz CT molecular complexity index is 343. The Morgan fingerprint density at radius 2 is 1.55 bits per heavy atom. The van der Waals surface area contributed by atoms with Crippen LogP contribution in [0.3, 0.4) is 0 Å². The van der Waals surface area contributed by atoms with Gasteiger partial charge in [-0.25, -0.2) is 0 Å². The predicted molar refractivity (Wildman–Crippen MR) is 75.1 cm³/mol. The molecule has 1 aromatic carbocycles. The lowest BCUT2D eigenvalue weighted by molar-refractivity contribution is 0.00807. The van der Waals surface area contributed by atoms with Crippen molar-refractivity contribution < 1.29 is 25.2 Å². The summed E-state index contributed by atoms with van der Waals surface area (Å²) in [6.45, 7) is 0.526. The summed E-state index contributed by atoms with van der Waals surface area (Å²) in [4.78, 5) is 0. The highest BCUT2D eigenvalue weighted by atomic mass is 16.5. The maximum absolute atomic E-state index is 9.72. The molecule has 0 aliphatic rings. The summed E-state index contributed by atoms with van der Waals surface area (Å²) in [5.41, 5.74) is 1.08. The average Bonchev–Trinajstić information content (AvgIpc) is 2.44. The van der Waals surface area contributed by atoms with Crippen LogP contribution in [0.1, 0.15) is 24.8 Å². The fourth-order valence-electron chi connectivity index (χ4n) is 1.90. The van der Waals surface area contributed by atoms with Crippen LogP contribution in [-0.2, 0) is 11.3 Å². The molecule has 0 radical (unpaired) electrons. The number of hydrogen-bond donors (Lipinski definition) is 4. The number of aliphatic hydroxyl groups excluding tert-OH is 4. The number of rotatable bonds is 10. The summed E-state index contributed by atoms with van der Waals surface area (Å²) in [5.74, 6) is 0. The third-order valence-corrected chi connectivity index (χ3v) is 3.01. The molecule has 0 aromatic heterocycles. The van der Waals surface area contributed by atoms with Gasteiger partial charge in [0.15, 0.2) is 0 Å². The largest absolute Gasteiger partial charge is 0.394 e. The highest BCUT2D eigenvalue weighted by Gasteiger charge is 2.15. The molecule has 0 saturated heterocycles. The first-order valence-electron chi connectivity index (χ1n) is 6.88. The van der Waals surface area contributed by atoms with Crippen molar-refractivity contribution in [2.75, 3.05) is 13.2 Å². The molecule has 0 bridgehead atoms. The molecule has 0 aliphatic heterocycles. The number of benzene rings is 1. The lowest BCUT2D eigenvalue weighted by Crippen LogP contribution is -2.25. The summed E-state index contributed by atoms with van der Waals surface area (Å²) < 4.78 is 5.44. The van der Waals surface area contributed by atoms with Crippen molar-refractivity contribution in [2.24, 2.45) is 0 Å². The molecule has 3 atom stereocenters. The molecule has 0 heterocycles. The van der Waals surface area contributed by atoms with Gasteiger partial charge in [-0.1, -0.05) is 30.3 Å². The quantitative estimate of drug-likeness (QED) is 0.468. The molecule has 0 unspecified atom stereocenters. The van der Waals surface area contributed by atoms with E-state index in [1.165, 1.54) is 0 Å². The Balaban J connectivity index is 2.09. The third-order valence-electron chi connectivity index (χ3n) is 3.01. The van der Waals surface area contributed by atoms with Gasteiger partial charge < -0.3 is 25.2 Å². The van der Waals surface area contributed by atoms with Crippen LogP contribution in [0.5, 0.6) is 0 Å². The Kier molecular flexibility index (Phi) is 8.41. The minimum atomic E-state index is -0.938. The van der Waals surface area contributed by atoms with Crippen LogP contribution in [0.25, 0.3) is 0 Å². The molecule has 0 amide bonds. The zero-order valence-electron chi connectivity index (χ0n) is 11.6. The molecular weight excluding hydrogens is 260 g/mol. The molecule has 20 heavy (non-hydrogen) atoms. The third kappa shape index (κ3) is 7.57. The van der Waals surface area contributed by atoms with E-state index in [2.05, 4.69) is 0 Å². The van der Waals surface area contributed by atoms with Crippen molar-refractivity contribution in [3.05, 3.63) is 35.9 Å². The normalized spacial score (nSPS) is 15.8. The average molecular weight is 284 g/mol. The first-order valence-corrected chi connectivity index (χ1v) is 6.88. The second-order valence-electron chi connectivity index (χ2n) is 4.94. The second-order valence-corrected chi connectivity index (χ2v) is 4.94. The van der Waals surface area contributed by atoms with Crippen LogP contribution in [0.4, 0.5) is 0 Å². The van der Waals surface area contributed by atoms with Crippen LogP contribution in [0.2, 0.25) is 0 Å². The first kappa shape index (κ1) is 17.1. The maximum atomic E-state index is 9.72. The number of hydrogen-bond acceptors (Lipinski definition) is 5. The summed E-state index contributed by atoms with van der Waals surface area (Å²) in [6, 6.07) is 9.76. The first-order chi connectivity index (χ1) is 9.61. The number of aliphatic hydroxyl groups is 4. The van der Waals surface area contributed by atoms with Gasteiger partial charge in [0.05, 0.1) is 31.5 Å². The highest BCUT2D eigenvalue weighted by Crippen LogP contribution is 2.09. The Labute approximate surface area is 119 Å². The molecule has 4 N–H and O–H groups in total. The Morgan fingerprint density at radius 3 is 2.20 bits per heavy atom. The minimum absolute atomic E-state index is 0.0679. The lowest BCUT2D eigenvalue weighted by Gasteiger charge is -2.17. The van der Waals surface area contributed by atoms with Crippen LogP contribution in [-0.4, -0.2) is 52.0 Å². The fourth-order valence-corrected chi connectivity index (χ4v) is 1.90. The van der Waals surface area contributed by atoms with E-state index >= 15 is 0 Å². The molecule has 1 aromatic rings. The topological polar surface area (TPSA) is 90.2 Å². The van der Waals surface area contributed by atoms with Crippen LogP contribution >= 0.6 is 0 Å². The van der Waals surface area contributed by atoms with E-state index in [9.17, 15) is 10.2 Å². The fraction of sp³-hybridized carbons (Fsp3) is 0.600. The lowest BCUT2D eigenvalue weighted by atomic mass is 10.0. The van der Waals surface area contributed by atoms with Gasteiger partial charge in [0.25, 0.3) is 0 Å². The monoisotopic (exact) mass is 284 g/mol. The van der Waals surface area contributed by atoms with Gasteiger partial charge in [-0.05, 0) is 18.4 Å².